The zero-order chi connectivity index (χ0) is 15.5. The fraction of sp³-hybridized carbons (Fsp3) is 0.188. The van der Waals surface area contributed by atoms with Crippen molar-refractivity contribution in [2.45, 2.75) is 6.10 Å². The summed E-state index contributed by atoms with van der Waals surface area (Å²) in [5, 5.41) is 12.8. The molecule has 2 aromatic rings. The van der Waals surface area contributed by atoms with Gasteiger partial charge in [-0.2, -0.15) is 0 Å². The van der Waals surface area contributed by atoms with Crippen LogP contribution in [-0.4, -0.2) is 30.3 Å². The molecule has 1 atom stereocenters. The molecule has 0 spiro atoms. The van der Waals surface area contributed by atoms with Crippen molar-refractivity contribution in [2.24, 2.45) is 0 Å². The van der Waals surface area contributed by atoms with Crippen molar-refractivity contribution >= 4 is 17.5 Å². The van der Waals surface area contributed by atoms with Gasteiger partial charge in [-0.05, 0) is 30.3 Å². The number of fused-ring (bicyclic) bond motifs is 1. The molecule has 0 aliphatic carbocycles. The minimum absolute atomic E-state index is 0.156. The van der Waals surface area contributed by atoms with E-state index in [1.807, 2.05) is 24.3 Å². The highest BCUT2D eigenvalue weighted by Crippen LogP contribution is 2.30. The van der Waals surface area contributed by atoms with E-state index in [-0.39, 0.29) is 24.0 Å². The van der Waals surface area contributed by atoms with Crippen molar-refractivity contribution in [1.29, 1.82) is 0 Å². The zero-order valence-corrected chi connectivity index (χ0v) is 12.3. The van der Waals surface area contributed by atoms with Crippen LogP contribution in [0.5, 0.6) is 17.2 Å². The third kappa shape index (κ3) is 3.09. The molecule has 2 aromatic carbocycles. The van der Waals surface area contributed by atoms with Gasteiger partial charge in [-0.3, -0.25) is 4.79 Å². The summed E-state index contributed by atoms with van der Waals surface area (Å²) in [6, 6.07) is 11.7. The van der Waals surface area contributed by atoms with E-state index in [0.717, 1.165) is 0 Å². The summed E-state index contributed by atoms with van der Waals surface area (Å²) in [7, 11) is 0. The van der Waals surface area contributed by atoms with E-state index in [1.165, 1.54) is 12.1 Å². The van der Waals surface area contributed by atoms with Gasteiger partial charge in [0, 0.05) is 5.02 Å². The second-order valence-electron chi connectivity index (χ2n) is 4.87. The number of ether oxygens (including phenoxy) is 2. The van der Waals surface area contributed by atoms with Crippen LogP contribution in [0.25, 0.3) is 0 Å². The molecular formula is C16H14ClNO4. The lowest BCUT2D eigenvalue weighted by Gasteiger charge is -2.26. The number of halogens is 1. The van der Waals surface area contributed by atoms with Crippen LogP contribution in [0, 0.1) is 0 Å². The van der Waals surface area contributed by atoms with Crippen LogP contribution in [0.3, 0.4) is 0 Å². The number of aromatic hydroxyl groups is 1. The number of carbonyl (C=O) groups excluding carboxylic acids is 1. The Balaban J connectivity index is 1.60. The topological polar surface area (TPSA) is 67.8 Å². The van der Waals surface area contributed by atoms with Crippen LogP contribution >= 0.6 is 11.6 Å². The van der Waals surface area contributed by atoms with Crippen molar-refractivity contribution in [2.75, 3.05) is 13.2 Å². The molecule has 5 nitrogen and oxygen atoms in total. The second-order valence-corrected chi connectivity index (χ2v) is 5.31. The van der Waals surface area contributed by atoms with Gasteiger partial charge in [0.15, 0.2) is 11.5 Å². The van der Waals surface area contributed by atoms with Gasteiger partial charge in [-0.15, -0.1) is 0 Å². The molecule has 22 heavy (non-hydrogen) atoms. The number of nitrogens with one attached hydrogen (secondary N) is 1. The number of phenolic OH excluding ortho intramolecular Hbond substituents is 1. The third-order valence-electron chi connectivity index (χ3n) is 3.26. The summed E-state index contributed by atoms with van der Waals surface area (Å²) in [5.41, 5.74) is 0.168. The summed E-state index contributed by atoms with van der Waals surface area (Å²) in [4.78, 5) is 12.1. The Hall–Kier alpha value is -2.40. The Morgan fingerprint density at radius 3 is 2.82 bits per heavy atom. The first-order chi connectivity index (χ1) is 10.6. The van der Waals surface area contributed by atoms with Gasteiger partial charge in [-0.25, -0.2) is 0 Å². The number of benzene rings is 2. The number of carbonyl (C=O) groups is 1. The fourth-order valence-corrected chi connectivity index (χ4v) is 2.33. The van der Waals surface area contributed by atoms with Gasteiger partial charge in [0.05, 0.1) is 12.1 Å². The quantitative estimate of drug-likeness (QED) is 0.912. The highest BCUT2D eigenvalue weighted by molar-refractivity contribution is 6.30. The molecule has 0 bridgehead atoms. The average molecular weight is 320 g/mol. The zero-order valence-electron chi connectivity index (χ0n) is 11.6. The molecule has 0 fully saturated rings. The molecule has 1 aliphatic rings. The first-order valence-corrected chi connectivity index (χ1v) is 7.16. The van der Waals surface area contributed by atoms with Gasteiger partial charge in [0.25, 0.3) is 5.91 Å². The minimum atomic E-state index is -0.392. The average Bonchev–Trinajstić information content (AvgIpc) is 2.52. The molecule has 3 rings (SSSR count). The smallest absolute Gasteiger partial charge is 0.255 e. The van der Waals surface area contributed by atoms with Crippen molar-refractivity contribution in [1.82, 2.24) is 5.32 Å². The van der Waals surface area contributed by atoms with Crippen LogP contribution in [0.1, 0.15) is 10.4 Å². The van der Waals surface area contributed by atoms with Crippen molar-refractivity contribution in [3.63, 3.8) is 0 Å². The summed E-state index contributed by atoms with van der Waals surface area (Å²) in [5.74, 6) is 0.801. The van der Waals surface area contributed by atoms with Crippen molar-refractivity contribution < 1.29 is 19.4 Å². The Morgan fingerprint density at radius 2 is 2.05 bits per heavy atom. The second kappa shape index (κ2) is 6.15. The fourth-order valence-electron chi connectivity index (χ4n) is 2.16. The summed E-state index contributed by atoms with van der Waals surface area (Å²) in [6.45, 7) is 0.624. The molecule has 114 valence electrons. The summed E-state index contributed by atoms with van der Waals surface area (Å²) >= 11 is 5.74. The van der Waals surface area contributed by atoms with Crippen LogP contribution in [0.2, 0.25) is 5.02 Å². The molecule has 2 N–H and O–H groups in total. The van der Waals surface area contributed by atoms with Gasteiger partial charge >= 0.3 is 0 Å². The Bertz CT molecular complexity index is 704. The van der Waals surface area contributed by atoms with Crippen LogP contribution in [0.15, 0.2) is 42.5 Å². The number of rotatable bonds is 3. The number of hydrogen-bond donors (Lipinski definition) is 2. The predicted octanol–water partition coefficient (Wildman–Crippen LogP) is 2.62. The third-order valence-corrected chi connectivity index (χ3v) is 3.50. The van der Waals surface area contributed by atoms with Gasteiger partial charge in [0.2, 0.25) is 0 Å². The maximum Gasteiger partial charge on any atom is 0.255 e. The van der Waals surface area contributed by atoms with E-state index < -0.39 is 5.91 Å². The van der Waals surface area contributed by atoms with Gasteiger partial charge < -0.3 is 19.9 Å². The molecule has 0 saturated carbocycles. The Labute approximate surface area is 132 Å². The van der Waals surface area contributed by atoms with E-state index >= 15 is 0 Å². The summed E-state index contributed by atoms with van der Waals surface area (Å²) < 4.78 is 11.3. The first-order valence-electron chi connectivity index (χ1n) is 6.78. The van der Waals surface area contributed by atoms with Crippen molar-refractivity contribution in [3.8, 4) is 17.2 Å². The van der Waals surface area contributed by atoms with Crippen molar-refractivity contribution in [3.05, 3.63) is 53.1 Å². The molecule has 0 unspecified atom stereocenters. The predicted molar refractivity (Wildman–Crippen MR) is 81.8 cm³/mol. The van der Waals surface area contributed by atoms with E-state index in [2.05, 4.69) is 5.32 Å². The van der Waals surface area contributed by atoms with E-state index in [4.69, 9.17) is 21.1 Å². The SMILES string of the molecule is O=C(NC[C@@H]1COc2ccccc2O1)c1ccc(Cl)cc1O. The normalized spacial score (nSPS) is 16.1. The van der Waals surface area contributed by atoms with E-state index in [9.17, 15) is 9.90 Å². The largest absolute Gasteiger partial charge is 0.507 e. The van der Waals surface area contributed by atoms with Gasteiger partial charge in [-0.1, -0.05) is 23.7 Å². The molecule has 1 heterocycles. The maximum absolute atomic E-state index is 12.1. The molecule has 0 aromatic heterocycles. The molecule has 0 saturated heterocycles. The maximum atomic E-state index is 12.1. The molecule has 1 amide bonds. The lowest BCUT2D eigenvalue weighted by atomic mass is 10.2. The Morgan fingerprint density at radius 1 is 1.27 bits per heavy atom. The van der Waals surface area contributed by atoms with Gasteiger partial charge in [0.1, 0.15) is 18.5 Å². The highest BCUT2D eigenvalue weighted by Gasteiger charge is 2.21. The lowest BCUT2D eigenvalue weighted by molar-refractivity contribution is 0.0788. The highest BCUT2D eigenvalue weighted by atomic mass is 35.5. The lowest BCUT2D eigenvalue weighted by Crippen LogP contribution is -2.40. The summed E-state index contributed by atoms with van der Waals surface area (Å²) in [6.07, 6.45) is -0.284. The molecular weight excluding hydrogens is 306 g/mol. The van der Waals surface area contributed by atoms with E-state index in [1.54, 1.807) is 6.07 Å². The van der Waals surface area contributed by atoms with Crippen LogP contribution < -0.4 is 14.8 Å². The number of hydrogen-bond acceptors (Lipinski definition) is 4. The number of phenols is 1. The number of amides is 1. The minimum Gasteiger partial charge on any atom is -0.507 e. The van der Waals surface area contributed by atoms with Crippen LogP contribution in [0.4, 0.5) is 0 Å². The van der Waals surface area contributed by atoms with E-state index in [0.29, 0.717) is 23.1 Å². The molecule has 0 radical (unpaired) electrons. The first kappa shape index (κ1) is 14.5. The molecule has 6 heteroatoms. The molecule has 1 aliphatic heterocycles. The number of para-hydroxylation sites is 2. The monoisotopic (exact) mass is 319 g/mol. The van der Waals surface area contributed by atoms with Crippen LogP contribution in [-0.2, 0) is 0 Å². The Kier molecular flexibility index (Phi) is 4.06. The standard InChI is InChI=1S/C16H14ClNO4/c17-10-5-6-12(13(19)7-10)16(20)18-8-11-9-21-14-3-1-2-4-15(14)22-11/h1-7,11,19H,8-9H2,(H,18,20)/t11-/m1/s1.